The predicted molar refractivity (Wildman–Crippen MR) is 136 cm³/mol. The summed E-state index contributed by atoms with van der Waals surface area (Å²) >= 11 is 0. The van der Waals surface area contributed by atoms with E-state index in [2.05, 4.69) is 5.10 Å². The first-order valence-electron chi connectivity index (χ1n) is 10.8. The van der Waals surface area contributed by atoms with Gasteiger partial charge in [0.25, 0.3) is 18.3 Å². The molecule has 0 bridgehead atoms. The van der Waals surface area contributed by atoms with E-state index in [-0.39, 0.29) is 17.4 Å². The minimum atomic E-state index is -0.369. The zero-order valence-corrected chi connectivity index (χ0v) is 19.6. The van der Waals surface area contributed by atoms with Gasteiger partial charge in [-0.1, -0.05) is 42.5 Å². The van der Waals surface area contributed by atoms with E-state index in [1.54, 1.807) is 12.1 Å². The lowest BCUT2D eigenvalue weighted by Gasteiger charge is -2.18. The maximum absolute atomic E-state index is 13.7. The molecule has 0 unspecified atom stereocenters. The van der Waals surface area contributed by atoms with Crippen molar-refractivity contribution in [3.05, 3.63) is 95.6 Å². The minimum Gasteiger partial charge on any atom is -0.407 e. The first-order valence-corrected chi connectivity index (χ1v) is 10.8. The maximum atomic E-state index is 13.7. The molecule has 0 N–H and O–H groups in total. The van der Waals surface area contributed by atoms with Crippen LogP contribution in [0.15, 0.2) is 89.5 Å². The Bertz CT molecular complexity index is 1190. The number of hydrogen-bond acceptors (Lipinski definition) is 6. The van der Waals surface area contributed by atoms with Gasteiger partial charge in [-0.3, -0.25) is 9.59 Å². The Hall–Kier alpha value is -4.39. The molecule has 0 spiro atoms. The summed E-state index contributed by atoms with van der Waals surface area (Å²) in [6.07, 6.45) is 0. The third kappa shape index (κ3) is 4.41. The number of carbonyl (C=O) groups excluding carboxylic acids is 2. The molecule has 3 aromatic carbocycles. The zero-order chi connectivity index (χ0) is 24.2. The van der Waals surface area contributed by atoms with Crippen molar-refractivity contribution in [1.29, 1.82) is 0 Å². The highest BCUT2D eigenvalue weighted by Gasteiger charge is 2.36. The van der Waals surface area contributed by atoms with Gasteiger partial charge in [-0.25, -0.2) is 0 Å². The normalized spacial score (nSPS) is 12.9. The van der Waals surface area contributed by atoms with Crippen LogP contribution < -0.4 is 14.8 Å². The van der Waals surface area contributed by atoms with Gasteiger partial charge < -0.3 is 14.5 Å². The van der Waals surface area contributed by atoms with Crippen molar-refractivity contribution in [2.24, 2.45) is 5.10 Å². The summed E-state index contributed by atoms with van der Waals surface area (Å²) in [5, 5.41) is 5.61. The smallest absolute Gasteiger partial charge is 0.299 e. The Labute approximate surface area is 199 Å². The fourth-order valence-electron chi connectivity index (χ4n) is 3.78. The SMILES string of the molecule is CN(C)c1ccc(C(=C2C(=O)N(c3ccccc3)N=C2OC=O)c2ccc(N(C)C)cc2)cc1. The lowest BCUT2D eigenvalue weighted by molar-refractivity contribution is -0.121. The highest BCUT2D eigenvalue weighted by molar-refractivity contribution is 6.33. The van der Waals surface area contributed by atoms with Crippen LogP contribution in [0.25, 0.3) is 5.57 Å². The summed E-state index contributed by atoms with van der Waals surface area (Å²) in [6.45, 7) is 0.294. The number of anilines is 3. The summed E-state index contributed by atoms with van der Waals surface area (Å²) in [7, 11) is 7.87. The molecule has 3 aromatic rings. The van der Waals surface area contributed by atoms with Crippen molar-refractivity contribution in [3.63, 3.8) is 0 Å². The number of para-hydroxylation sites is 1. The molecule has 0 fully saturated rings. The van der Waals surface area contributed by atoms with Crippen molar-refractivity contribution in [2.75, 3.05) is 43.0 Å². The molecule has 172 valence electrons. The number of benzene rings is 3. The fraction of sp³-hybridized carbons (Fsp3) is 0.148. The Morgan fingerprint density at radius 2 is 1.29 bits per heavy atom. The van der Waals surface area contributed by atoms with E-state index in [1.165, 1.54) is 5.01 Å². The van der Waals surface area contributed by atoms with Gasteiger partial charge in [0.1, 0.15) is 5.57 Å². The van der Waals surface area contributed by atoms with E-state index < -0.39 is 0 Å². The molecule has 0 radical (unpaired) electrons. The van der Waals surface area contributed by atoms with Crippen molar-refractivity contribution in [3.8, 4) is 0 Å². The quantitative estimate of drug-likeness (QED) is 0.414. The molecule has 0 aromatic heterocycles. The molecular formula is C27H26N4O3. The summed E-state index contributed by atoms with van der Waals surface area (Å²) in [6, 6.07) is 24.8. The van der Waals surface area contributed by atoms with Gasteiger partial charge >= 0.3 is 0 Å². The standard InChI is InChI=1S/C27H26N4O3/c1-29(2)21-14-10-19(11-15-21)24(20-12-16-22(17-13-20)30(3)4)25-26(34-18-32)28-31(27(25)33)23-8-6-5-7-9-23/h5-18H,1-4H3. The zero-order valence-electron chi connectivity index (χ0n) is 19.6. The largest absolute Gasteiger partial charge is 0.407 e. The molecule has 0 atom stereocenters. The lowest BCUT2D eigenvalue weighted by atomic mass is 9.92. The predicted octanol–water partition coefficient (Wildman–Crippen LogP) is 4.15. The van der Waals surface area contributed by atoms with Gasteiger partial charge in [-0.15, -0.1) is 5.10 Å². The van der Waals surface area contributed by atoms with Crippen molar-refractivity contribution >= 4 is 40.9 Å². The van der Waals surface area contributed by atoms with Crippen molar-refractivity contribution < 1.29 is 14.3 Å². The molecule has 0 aliphatic carbocycles. The van der Waals surface area contributed by atoms with Gasteiger partial charge in [-0.05, 0) is 47.5 Å². The monoisotopic (exact) mass is 454 g/mol. The highest BCUT2D eigenvalue weighted by atomic mass is 16.5. The lowest BCUT2D eigenvalue weighted by Crippen LogP contribution is -2.22. The van der Waals surface area contributed by atoms with Gasteiger partial charge in [-0.2, -0.15) is 5.01 Å². The third-order valence-corrected chi connectivity index (χ3v) is 5.57. The number of amides is 1. The molecule has 1 aliphatic heterocycles. The Morgan fingerprint density at radius 3 is 1.74 bits per heavy atom. The molecule has 1 aliphatic rings. The van der Waals surface area contributed by atoms with Crippen LogP contribution in [-0.4, -0.2) is 46.5 Å². The summed E-state index contributed by atoms with van der Waals surface area (Å²) in [5.74, 6) is -0.404. The Morgan fingerprint density at radius 1 is 0.794 bits per heavy atom. The van der Waals surface area contributed by atoms with E-state index in [1.807, 2.05) is 105 Å². The summed E-state index contributed by atoms with van der Waals surface area (Å²) < 4.78 is 5.22. The molecule has 7 heteroatoms. The van der Waals surface area contributed by atoms with E-state index in [0.29, 0.717) is 17.7 Å². The van der Waals surface area contributed by atoms with Crippen LogP contribution >= 0.6 is 0 Å². The first-order chi connectivity index (χ1) is 16.4. The Balaban J connectivity index is 1.93. The van der Waals surface area contributed by atoms with Crippen LogP contribution in [0, 0.1) is 0 Å². The second-order valence-electron chi connectivity index (χ2n) is 8.20. The maximum Gasteiger partial charge on any atom is 0.299 e. The van der Waals surface area contributed by atoms with Crippen LogP contribution in [0.5, 0.6) is 0 Å². The first kappa shape index (κ1) is 22.8. The number of hydrogen-bond donors (Lipinski definition) is 0. The van der Waals surface area contributed by atoms with Crippen molar-refractivity contribution in [2.45, 2.75) is 0 Å². The molecule has 1 amide bonds. The van der Waals surface area contributed by atoms with Crippen LogP contribution in [0.1, 0.15) is 11.1 Å². The topological polar surface area (TPSA) is 65.5 Å². The van der Waals surface area contributed by atoms with Gasteiger partial charge in [0.15, 0.2) is 0 Å². The summed E-state index contributed by atoms with van der Waals surface area (Å²) in [4.78, 5) is 29.0. The molecule has 34 heavy (non-hydrogen) atoms. The van der Waals surface area contributed by atoms with Gasteiger partial charge in [0, 0.05) is 45.1 Å². The number of nitrogens with zero attached hydrogens (tertiary/aromatic N) is 4. The second kappa shape index (κ2) is 9.62. The number of hydrazone groups is 1. The minimum absolute atomic E-state index is 0.0350. The van der Waals surface area contributed by atoms with E-state index in [0.717, 1.165) is 22.5 Å². The van der Waals surface area contributed by atoms with Gasteiger partial charge in [0.2, 0.25) is 0 Å². The van der Waals surface area contributed by atoms with Gasteiger partial charge in [0.05, 0.1) is 5.69 Å². The molecule has 0 saturated heterocycles. The fourth-order valence-corrected chi connectivity index (χ4v) is 3.78. The number of ether oxygens (including phenoxy) is 1. The Kier molecular flexibility index (Phi) is 6.45. The molecule has 0 saturated carbocycles. The van der Waals surface area contributed by atoms with Crippen LogP contribution in [0.4, 0.5) is 17.1 Å². The highest BCUT2D eigenvalue weighted by Crippen LogP contribution is 2.35. The number of carbonyl (C=O) groups is 2. The molecular weight excluding hydrogens is 428 g/mol. The van der Waals surface area contributed by atoms with Crippen LogP contribution in [0.3, 0.4) is 0 Å². The van der Waals surface area contributed by atoms with Crippen LogP contribution in [0.2, 0.25) is 0 Å². The van der Waals surface area contributed by atoms with E-state index in [4.69, 9.17) is 4.74 Å². The average Bonchev–Trinajstić information content (AvgIpc) is 3.16. The van der Waals surface area contributed by atoms with E-state index in [9.17, 15) is 9.59 Å². The third-order valence-electron chi connectivity index (χ3n) is 5.57. The summed E-state index contributed by atoms with van der Waals surface area (Å²) in [5.41, 5.74) is 5.12. The molecule has 4 rings (SSSR count). The number of rotatable bonds is 6. The molecule has 7 nitrogen and oxygen atoms in total. The van der Waals surface area contributed by atoms with Crippen LogP contribution in [-0.2, 0) is 14.3 Å². The van der Waals surface area contributed by atoms with Crippen molar-refractivity contribution in [1.82, 2.24) is 0 Å². The average molecular weight is 455 g/mol. The molecule has 1 heterocycles. The second-order valence-corrected chi connectivity index (χ2v) is 8.20. The van der Waals surface area contributed by atoms with E-state index >= 15 is 0 Å².